The Morgan fingerprint density at radius 3 is 2.71 bits per heavy atom. The predicted octanol–water partition coefficient (Wildman–Crippen LogP) is 4.43. The molecule has 2 rings (SSSR count). The highest BCUT2D eigenvalue weighted by Gasteiger charge is 2.20. The number of rotatable bonds is 4. The maximum Gasteiger partial charge on any atom is 0.0208 e. The van der Waals surface area contributed by atoms with E-state index in [-0.39, 0.29) is 0 Å². The van der Waals surface area contributed by atoms with Crippen LogP contribution in [0.1, 0.15) is 43.7 Å². The van der Waals surface area contributed by atoms with Crippen molar-refractivity contribution in [3.63, 3.8) is 0 Å². The van der Waals surface area contributed by atoms with Crippen LogP contribution in [-0.2, 0) is 6.54 Å². The summed E-state index contributed by atoms with van der Waals surface area (Å²) in [5.41, 5.74) is 2.67. The Labute approximate surface area is 113 Å². The molecule has 1 aromatic carbocycles. The quantitative estimate of drug-likeness (QED) is 0.867. The van der Waals surface area contributed by atoms with Crippen molar-refractivity contribution in [2.75, 3.05) is 0 Å². The Hall–Kier alpha value is -0.340. The number of nitrogens with one attached hydrogen (secondary N) is 1. The Morgan fingerprint density at radius 1 is 1.35 bits per heavy atom. The van der Waals surface area contributed by atoms with Crippen molar-refractivity contribution in [1.29, 1.82) is 0 Å². The van der Waals surface area contributed by atoms with Gasteiger partial charge in [0.15, 0.2) is 0 Å². The summed E-state index contributed by atoms with van der Waals surface area (Å²) in [4.78, 5) is 0. The second kappa shape index (κ2) is 6.01. The molecule has 94 valence electrons. The summed E-state index contributed by atoms with van der Waals surface area (Å²) >= 11 is 3.59. The fourth-order valence-electron chi connectivity index (χ4n) is 2.65. The minimum atomic E-state index is 0.651. The lowest BCUT2D eigenvalue weighted by Gasteiger charge is -2.20. The highest BCUT2D eigenvalue weighted by atomic mass is 79.9. The summed E-state index contributed by atoms with van der Waals surface area (Å²) in [7, 11) is 0. The molecule has 0 bridgehead atoms. The van der Waals surface area contributed by atoms with Crippen LogP contribution < -0.4 is 5.32 Å². The molecule has 1 fully saturated rings. The molecule has 1 N–H and O–H groups in total. The topological polar surface area (TPSA) is 12.0 Å². The highest BCUT2D eigenvalue weighted by molar-refractivity contribution is 9.10. The molecule has 0 heterocycles. The van der Waals surface area contributed by atoms with Gasteiger partial charge in [0.1, 0.15) is 0 Å². The van der Waals surface area contributed by atoms with E-state index in [9.17, 15) is 0 Å². The predicted molar refractivity (Wildman–Crippen MR) is 77.1 cm³/mol. The Balaban J connectivity index is 1.86. The molecule has 1 nitrogen and oxygen atoms in total. The van der Waals surface area contributed by atoms with Gasteiger partial charge < -0.3 is 5.32 Å². The first-order valence-corrected chi connectivity index (χ1v) is 7.44. The molecule has 0 aliphatic heterocycles. The van der Waals surface area contributed by atoms with Crippen LogP contribution in [0.15, 0.2) is 22.7 Å². The third-order valence-corrected chi connectivity index (χ3v) is 4.83. The van der Waals surface area contributed by atoms with Gasteiger partial charge in [-0.3, -0.25) is 0 Å². The van der Waals surface area contributed by atoms with Gasteiger partial charge in [-0.15, -0.1) is 0 Å². The third-order valence-electron chi connectivity index (χ3n) is 3.97. The van der Waals surface area contributed by atoms with E-state index in [2.05, 4.69) is 53.3 Å². The number of hydrogen-bond donors (Lipinski definition) is 1. The van der Waals surface area contributed by atoms with Crippen LogP contribution in [0.4, 0.5) is 0 Å². The molecule has 1 saturated carbocycles. The SMILES string of the molecule is Cc1ccc(CNC(C)C2CCCC2)cc1Br. The van der Waals surface area contributed by atoms with E-state index in [1.807, 2.05) is 0 Å². The molecule has 1 aliphatic rings. The lowest BCUT2D eigenvalue weighted by Crippen LogP contribution is -2.31. The molecule has 0 radical (unpaired) electrons. The van der Waals surface area contributed by atoms with E-state index in [1.165, 1.54) is 41.3 Å². The number of halogens is 1. The molecule has 1 atom stereocenters. The Kier molecular flexibility index (Phi) is 4.63. The van der Waals surface area contributed by atoms with Gasteiger partial charge in [-0.25, -0.2) is 0 Å². The summed E-state index contributed by atoms with van der Waals surface area (Å²) in [5.74, 6) is 0.892. The zero-order chi connectivity index (χ0) is 12.3. The van der Waals surface area contributed by atoms with Crippen molar-refractivity contribution >= 4 is 15.9 Å². The molecule has 0 aromatic heterocycles. The number of aryl methyl sites for hydroxylation is 1. The normalized spacial score (nSPS) is 18.5. The lowest BCUT2D eigenvalue weighted by molar-refractivity contribution is 0.380. The zero-order valence-corrected chi connectivity index (χ0v) is 12.4. The van der Waals surface area contributed by atoms with Gasteiger partial charge in [0.25, 0.3) is 0 Å². The largest absolute Gasteiger partial charge is 0.310 e. The van der Waals surface area contributed by atoms with E-state index >= 15 is 0 Å². The molecular formula is C15H22BrN. The molecule has 0 amide bonds. The van der Waals surface area contributed by atoms with E-state index in [4.69, 9.17) is 0 Å². The zero-order valence-electron chi connectivity index (χ0n) is 10.8. The Morgan fingerprint density at radius 2 is 2.06 bits per heavy atom. The second-order valence-electron chi connectivity index (χ2n) is 5.30. The van der Waals surface area contributed by atoms with Gasteiger partial charge in [0.05, 0.1) is 0 Å². The van der Waals surface area contributed by atoms with E-state index in [0.29, 0.717) is 6.04 Å². The van der Waals surface area contributed by atoms with Gasteiger partial charge in [-0.1, -0.05) is 40.9 Å². The van der Waals surface area contributed by atoms with Crippen LogP contribution in [0, 0.1) is 12.8 Å². The summed E-state index contributed by atoms with van der Waals surface area (Å²) in [6.07, 6.45) is 5.66. The van der Waals surface area contributed by atoms with E-state index in [1.54, 1.807) is 0 Å². The first-order valence-electron chi connectivity index (χ1n) is 6.65. The van der Waals surface area contributed by atoms with Crippen LogP contribution in [-0.4, -0.2) is 6.04 Å². The van der Waals surface area contributed by atoms with Crippen molar-refractivity contribution in [1.82, 2.24) is 5.32 Å². The fraction of sp³-hybridized carbons (Fsp3) is 0.600. The van der Waals surface area contributed by atoms with Gasteiger partial charge in [0.2, 0.25) is 0 Å². The smallest absolute Gasteiger partial charge is 0.0208 e. The van der Waals surface area contributed by atoms with Gasteiger partial charge in [-0.05, 0) is 49.8 Å². The van der Waals surface area contributed by atoms with E-state index < -0.39 is 0 Å². The summed E-state index contributed by atoms with van der Waals surface area (Å²) in [6.45, 7) is 5.44. The van der Waals surface area contributed by atoms with Crippen LogP contribution in [0.3, 0.4) is 0 Å². The molecule has 2 heteroatoms. The summed E-state index contributed by atoms with van der Waals surface area (Å²) in [6, 6.07) is 7.28. The average Bonchev–Trinajstić information content (AvgIpc) is 2.84. The van der Waals surface area contributed by atoms with Crippen molar-refractivity contribution in [3.05, 3.63) is 33.8 Å². The van der Waals surface area contributed by atoms with E-state index in [0.717, 1.165) is 12.5 Å². The molecule has 0 saturated heterocycles. The highest BCUT2D eigenvalue weighted by Crippen LogP contribution is 2.27. The van der Waals surface area contributed by atoms with Crippen molar-refractivity contribution in [2.45, 2.75) is 52.1 Å². The molecule has 1 aliphatic carbocycles. The van der Waals surface area contributed by atoms with Crippen LogP contribution in [0.25, 0.3) is 0 Å². The van der Waals surface area contributed by atoms with Crippen molar-refractivity contribution in [2.24, 2.45) is 5.92 Å². The minimum absolute atomic E-state index is 0.651. The third kappa shape index (κ3) is 3.56. The van der Waals surface area contributed by atoms with Gasteiger partial charge in [-0.2, -0.15) is 0 Å². The second-order valence-corrected chi connectivity index (χ2v) is 6.15. The van der Waals surface area contributed by atoms with Gasteiger partial charge >= 0.3 is 0 Å². The van der Waals surface area contributed by atoms with Crippen LogP contribution >= 0.6 is 15.9 Å². The molecule has 0 spiro atoms. The monoisotopic (exact) mass is 295 g/mol. The first kappa shape index (κ1) is 13.1. The summed E-state index contributed by atoms with van der Waals surface area (Å²) < 4.78 is 1.21. The lowest BCUT2D eigenvalue weighted by atomic mass is 9.99. The standard InChI is InChI=1S/C15H22BrN/c1-11-7-8-13(9-15(11)16)10-17-12(2)14-5-3-4-6-14/h7-9,12,14,17H,3-6,10H2,1-2H3. The number of benzene rings is 1. The van der Waals surface area contributed by atoms with Crippen LogP contribution in [0.5, 0.6) is 0 Å². The molecule has 1 unspecified atom stereocenters. The molecular weight excluding hydrogens is 274 g/mol. The van der Waals surface area contributed by atoms with Crippen LogP contribution in [0.2, 0.25) is 0 Å². The summed E-state index contributed by atoms with van der Waals surface area (Å²) in [5, 5.41) is 3.67. The molecule has 1 aromatic rings. The van der Waals surface area contributed by atoms with Crippen molar-refractivity contribution in [3.8, 4) is 0 Å². The van der Waals surface area contributed by atoms with Crippen molar-refractivity contribution < 1.29 is 0 Å². The maximum absolute atomic E-state index is 3.67. The average molecular weight is 296 g/mol. The minimum Gasteiger partial charge on any atom is -0.310 e. The maximum atomic E-state index is 3.67. The fourth-order valence-corrected chi connectivity index (χ4v) is 3.08. The Bertz CT molecular complexity index is 369. The number of hydrogen-bond acceptors (Lipinski definition) is 1. The van der Waals surface area contributed by atoms with Gasteiger partial charge in [0, 0.05) is 17.1 Å². The molecule has 17 heavy (non-hydrogen) atoms. The first-order chi connectivity index (χ1) is 8.16.